The van der Waals surface area contributed by atoms with E-state index in [-0.39, 0.29) is 17.7 Å². The first kappa shape index (κ1) is 38.5. The number of hydrogen-bond acceptors (Lipinski definition) is 15. The summed E-state index contributed by atoms with van der Waals surface area (Å²) in [7, 11) is 0. The van der Waals surface area contributed by atoms with Crippen molar-refractivity contribution in [1.29, 1.82) is 0 Å². The molecule has 2 aromatic rings. The average molecular weight is 729 g/mol. The predicted octanol–water partition coefficient (Wildman–Crippen LogP) is -0.0126. The lowest BCUT2D eigenvalue weighted by molar-refractivity contribution is -0.335. The normalized spacial score (nSPS) is 29.9. The van der Waals surface area contributed by atoms with Crippen molar-refractivity contribution in [2.75, 3.05) is 13.2 Å². The minimum absolute atomic E-state index is 0.0100. The maximum absolute atomic E-state index is 13.9. The number of nitrogens with one attached hydrogen (secondary N) is 1. The Bertz CT molecular complexity index is 1620. The zero-order chi connectivity index (χ0) is 37.7. The van der Waals surface area contributed by atoms with Crippen molar-refractivity contribution in [2.24, 2.45) is 0 Å². The second-order valence-electron chi connectivity index (χ2n) is 12.3. The third-order valence-electron chi connectivity index (χ3n) is 8.57. The van der Waals surface area contributed by atoms with Gasteiger partial charge in [-0.1, -0.05) is 42.5 Å². The van der Waals surface area contributed by atoms with Crippen LogP contribution in [0.5, 0.6) is 0 Å². The maximum Gasteiger partial charge on any atom is 0.303 e. The van der Waals surface area contributed by atoms with E-state index in [1.165, 1.54) is 19.1 Å². The number of imide groups is 1. The van der Waals surface area contributed by atoms with Crippen LogP contribution < -0.4 is 5.32 Å². The van der Waals surface area contributed by atoms with Gasteiger partial charge >= 0.3 is 17.9 Å². The summed E-state index contributed by atoms with van der Waals surface area (Å²) < 4.78 is 40.9. The molecule has 3 N–H and O–H groups in total. The van der Waals surface area contributed by atoms with E-state index in [0.29, 0.717) is 0 Å². The van der Waals surface area contributed by atoms with E-state index < -0.39 is 110 Å². The van der Waals surface area contributed by atoms with Gasteiger partial charge in [0, 0.05) is 27.7 Å². The zero-order valence-corrected chi connectivity index (χ0v) is 28.7. The van der Waals surface area contributed by atoms with Crippen molar-refractivity contribution in [3.63, 3.8) is 0 Å². The molecule has 17 nitrogen and oxygen atoms in total. The molecule has 0 saturated carbocycles. The molecule has 0 spiro atoms. The number of benzene rings is 2. The van der Waals surface area contributed by atoms with E-state index in [4.69, 9.17) is 33.2 Å². The summed E-state index contributed by atoms with van der Waals surface area (Å²) in [6.45, 7) is 3.09. The lowest BCUT2D eigenvalue weighted by Crippen LogP contribution is -2.71. The summed E-state index contributed by atoms with van der Waals surface area (Å²) in [6.07, 6.45) is -12.4. The number of aliphatic hydroxyl groups excluding tert-OH is 2. The third kappa shape index (κ3) is 8.46. The van der Waals surface area contributed by atoms with Gasteiger partial charge in [-0.2, -0.15) is 0 Å². The van der Waals surface area contributed by atoms with Crippen LogP contribution in [0.4, 0.5) is 0 Å². The van der Waals surface area contributed by atoms with E-state index in [2.05, 4.69) is 5.32 Å². The third-order valence-corrected chi connectivity index (χ3v) is 8.57. The van der Waals surface area contributed by atoms with Crippen molar-refractivity contribution in [3.05, 3.63) is 71.3 Å². The van der Waals surface area contributed by atoms with E-state index >= 15 is 0 Å². The quantitative estimate of drug-likeness (QED) is 0.149. The summed E-state index contributed by atoms with van der Waals surface area (Å²) in [6, 6.07) is 11.8. The molecule has 0 aromatic heterocycles. The van der Waals surface area contributed by atoms with Gasteiger partial charge in [0.1, 0.15) is 43.1 Å². The van der Waals surface area contributed by atoms with Gasteiger partial charge in [-0.25, -0.2) is 0 Å². The van der Waals surface area contributed by atoms with Crippen molar-refractivity contribution in [1.82, 2.24) is 10.2 Å². The molecule has 5 rings (SSSR count). The number of aliphatic hydroxyl groups is 2. The summed E-state index contributed by atoms with van der Waals surface area (Å²) in [5, 5.41) is 24.4. The number of amides is 3. The van der Waals surface area contributed by atoms with Crippen molar-refractivity contribution in [3.8, 4) is 0 Å². The van der Waals surface area contributed by atoms with Crippen molar-refractivity contribution < 1.29 is 72.1 Å². The zero-order valence-electron chi connectivity index (χ0n) is 28.7. The molecule has 3 heterocycles. The first-order chi connectivity index (χ1) is 24.8. The Hall–Kier alpha value is -4.78. The maximum atomic E-state index is 13.9. The van der Waals surface area contributed by atoms with Gasteiger partial charge in [0.25, 0.3) is 11.8 Å². The average Bonchev–Trinajstić information content (AvgIpc) is 3.34. The molecule has 2 saturated heterocycles. The number of nitrogens with zero attached hydrogens (tertiary/aromatic N) is 1. The van der Waals surface area contributed by atoms with E-state index in [0.717, 1.165) is 31.2 Å². The highest BCUT2D eigenvalue weighted by molar-refractivity contribution is 6.21. The van der Waals surface area contributed by atoms with Gasteiger partial charge in [0.05, 0.1) is 24.3 Å². The van der Waals surface area contributed by atoms with Crippen LogP contribution in [0.25, 0.3) is 0 Å². The van der Waals surface area contributed by atoms with Crippen molar-refractivity contribution in [2.45, 2.75) is 95.6 Å². The van der Waals surface area contributed by atoms with Crippen LogP contribution in [-0.4, -0.2) is 125 Å². The molecule has 3 amide bonds. The van der Waals surface area contributed by atoms with Gasteiger partial charge in [-0.3, -0.25) is 33.7 Å². The van der Waals surface area contributed by atoms with E-state index in [1.807, 2.05) is 6.07 Å². The van der Waals surface area contributed by atoms with Crippen LogP contribution in [-0.2, 0) is 58.9 Å². The van der Waals surface area contributed by atoms with Gasteiger partial charge in [-0.15, -0.1) is 0 Å². The molecule has 2 fully saturated rings. The molecule has 280 valence electrons. The van der Waals surface area contributed by atoms with Crippen LogP contribution >= 0.6 is 0 Å². The Balaban J connectivity index is 1.60. The van der Waals surface area contributed by atoms with Crippen LogP contribution in [0, 0.1) is 0 Å². The summed E-state index contributed by atoms with van der Waals surface area (Å²) in [5.41, 5.74) is 0.749. The second-order valence-corrected chi connectivity index (χ2v) is 12.3. The number of carbonyl (C=O) groups is 6. The Morgan fingerprint density at radius 1 is 0.769 bits per heavy atom. The lowest BCUT2D eigenvalue weighted by Gasteiger charge is -2.50. The molecule has 10 atom stereocenters. The summed E-state index contributed by atoms with van der Waals surface area (Å²) in [5.74, 6) is -4.77. The highest BCUT2D eigenvalue weighted by Gasteiger charge is 2.59. The number of esters is 3. The van der Waals surface area contributed by atoms with E-state index in [1.54, 1.807) is 36.4 Å². The van der Waals surface area contributed by atoms with Crippen LogP contribution in [0.1, 0.15) is 54.0 Å². The number of fused-ring (bicyclic) bond motifs is 1. The number of ether oxygens (including phenoxy) is 7. The highest BCUT2D eigenvalue weighted by atomic mass is 16.7. The fraction of sp³-hybridized carbons (Fsp3) is 0.486. The fourth-order valence-corrected chi connectivity index (χ4v) is 6.42. The SMILES string of the molecule is CC(=O)NC1C(OCc2ccccc2)OC(CO)C(O)C1OC1OC(COC(C)=O)C(OC(C)=O)C(OC(C)=O)C1N1C(=O)c2ccccc2C1=O. The molecular weight excluding hydrogens is 688 g/mol. The largest absolute Gasteiger partial charge is 0.463 e. The van der Waals surface area contributed by atoms with Crippen molar-refractivity contribution >= 4 is 35.6 Å². The standard InChI is InChI=1S/C35H40N2O15/c1-17(39)36-26-30(28(43)24(14-38)50-34(26)47-15-21-10-6-5-7-11-21)52-35-27(37-32(44)22-12-8-9-13-23(22)33(37)45)31(49-20(4)42)29(48-19(3)41)25(51-35)16-46-18(2)40/h5-13,24-31,34-35,38,43H,14-16H2,1-4H3,(H,36,39). The Labute approximate surface area is 298 Å². The molecule has 0 aliphatic carbocycles. The monoisotopic (exact) mass is 728 g/mol. The predicted molar refractivity (Wildman–Crippen MR) is 173 cm³/mol. The Morgan fingerprint density at radius 2 is 1.35 bits per heavy atom. The van der Waals surface area contributed by atoms with Gasteiger partial charge < -0.3 is 48.7 Å². The fourth-order valence-electron chi connectivity index (χ4n) is 6.42. The smallest absolute Gasteiger partial charge is 0.303 e. The van der Waals surface area contributed by atoms with Crippen LogP contribution in [0.2, 0.25) is 0 Å². The van der Waals surface area contributed by atoms with Gasteiger partial charge in [0.15, 0.2) is 24.8 Å². The van der Waals surface area contributed by atoms with E-state index in [9.17, 15) is 39.0 Å². The number of hydrogen-bond donors (Lipinski definition) is 3. The summed E-state index contributed by atoms with van der Waals surface area (Å²) in [4.78, 5) is 78.1. The van der Waals surface area contributed by atoms with Gasteiger partial charge in [0.2, 0.25) is 5.91 Å². The molecule has 52 heavy (non-hydrogen) atoms. The Kier molecular flexibility index (Phi) is 12.4. The number of rotatable bonds is 12. The summed E-state index contributed by atoms with van der Waals surface area (Å²) >= 11 is 0. The lowest BCUT2D eigenvalue weighted by atomic mass is 9.93. The molecule has 2 aromatic carbocycles. The Morgan fingerprint density at radius 3 is 1.90 bits per heavy atom. The minimum atomic E-state index is -1.83. The minimum Gasteiger partial charge on any atom is -0.463 e. The first-order valence-corrected chi connectivity index (χ1v) is 16.4. The molecule has 3 aliphatic heterocycles. The number of carbonyl (C=O) groups excluding carboxylic acids is 6. The molecule has 3 aliphatic rings. The van der Waals surface area contributed by atoms with Crippen LogP contribution in [0.3, 0.4) is 0 Å². The molecule has 0 bridgehead atoms. The van der Waals surface area contributed by atoms with Crippen LogP contribution in [0.15, 0.2) is 54.6 Å². The second kappa shape index (κ2) is 16.7. The topological polar surface area (TPSA) is 223 Å². The van der Waals surface area contributed by atoms with Gasteiger partial charge in [-0.05, 0) is 17.7 Å². The molecular formula is C35H40N2O15. The highest BCUT2D eigenvalue weighted by Crippen LogP contribution is 2.37. The molecule has 0 radical (unpaired) electrons. The molecule has 10 unspecified atom stereocenters. The molecule has 17 heteroatoms. The first-order valence-electron chi connectivity index (χ1n) is 16.4.